The van der Waals surface area contributed by atoms with Crippen LogP contribution in [0, 0.1) is 17.8 Å². The van der Waals surface area contributed by atoms with Crippen LogP contribution in [0.3, 0.4) is 0 Å². The minimum absolute atomic E-state index is 0.148. The maximum absolute atomic E-state index is 12.5. The molecule has 1 N–H and O–H groups in total. The minimum atomic E-state index is 0.148. The lowest BCUT2D eigenvalue weighted by Gasteiger charge is -2.24. The van der Waals surface area contributed by atoms with Crippen molar-refractivity contribution in [1.29, 1.82) is 0 Å². The molecule has 2 aliphatic carbocycles. The summed E-state index contributed by atoms with van der Waals surface area (Å²) in [5.41, 5.74) is 1.20. The second kappa shape index (κ2) is 5.88. The maximum atomic E-state index is 12.5. The number of hydrogen-bond acceptors (Lipinski definition) is 1. The molecule has 0 heterocycles. The second-order valence-corrected chi connectivity index (χ2v) is 7.22. The van der Waals surface area contributed by atoms with Crippen LogP contribution in [0.25, 0.3) is 0 Å². The largest absolute Gasteiger partial charge is 0.349 e. The summed E-state index contributed by atoms with van der Waals surface area (Å²) < 4.78 is 1.08. The Morgan fingerprint density at radius 3 is 2.60 bits per heavy atom. The van der Waals surface area contributed by atoms with Gasteiger partial charge in [-0.15, -0.1) is 0 Å². The molecule has 2 aliphatic rings. The van der Waals surface area contributed by atoms with E-state index in [0.29, 0.717) is 5.92 Å². The Balaban J connectivity index is 1.65. The van der Waals surface area contributed by atoms with E-state index in [9.17, 15) is 4.79 Å². The van der Waals surface area contributed by atoms with Crippen LogP contribution in [-0.2, 0) is 4.79 Å². The summed E-state index contributed by atoms with van der Waals surface area (Å²) in [7, 11) is 0. The van der Waals surface area contributed by atoms with Crippen LogP contribution in [-0.4, -0.2) is 5.91 Å². The molecular formula is C17H22BrNO. The van der Waals surface area contributed by atoms with Crippen LogP contribution in [0.5, 0.6) is 0 Å². The van der Waals surface area contributed by atoms with Gasteiger partial charge in [0.25, 0.3) is 0 Å². The molecule has 108 valence electrons. The van der Waals surface area contributed by atoms with Gasteiger partial charge >= 0.3 is 0 Å². The smallest absolute Gasteiger partial charge is 0.223 e. The highest BCUT2D eigenvalue weighted by Crippen LogP contribution is 2.48. The maximum Gasteiger partial charge on any atom is 0.223 e. The molecule has 0 aliphatic heterocycles. The molecule has 2 fully saturated rings. The van der Waals surface area contributed by atoms with Gasteiger partial charge < -0.3 is 5.32 Å². The first-order valence-corrected chi connectivity index (χ1v) is 8.52. The summed E-state index contributed by atoms with van der Waals surface area (Å²) in [6.45, 7) is 2.13. The summed E-state index contributed by atoms with van der Waals surface area (Å²) in [6, 6.07) is 8.43. The number of nitrogens with one attached hydrogen (secondary N) is 1. The third-order valence-electron chi connectivity index (χ3n) is 5.07. The molecule has 0 aromatic heterocycles. The van der Waals surface area contributed by atoms with Crippen LogP contribution in [0.1, 0.15) is 50.6 Å². The summed E-state index contributed by atoms with van der Waals surface area (Å²) in [4.78, 5) is 12.5. The van der Waals surface area contributed by atoms with Gasteiger partial charge in [0.05, 0.1) is 6.04 Å². The van der Waals surface area contributed by atoms with E-state index >= 15 is 0 Å². The van der Waals surface area contributed by atoms with E-state index in [1.165, 1.54) is 24.8 Å². The van der Waals surface area contributed by atoms with Gasteiger partial charge in [0, 0.05) is 10.4 Å². The Hall–Kier alpha value is -0.830. The van der Waals surface area contributed by atoms with Crippen molar-refractivity contribution in [2.45, 2.75) is 45.1 Å². The quantitative estimate of drug-likeness (QED) is 0.865. The van der Waals surface area contributed by atoms with Crippen LogP contribution < -0.4 is 5.32 Å². The Morgan fingerprint density at radius 2 is 2.05 bits per heavy atom. The van der Waals surface area contributed by atoms with E-state index < -0.39 is 0 Å². The van der Waals surface area contributed by atoms with Gasteiger partial charge in [-0.25, -0.2) is 0 Å². The molecule has 1 amide bonds. The van der Waals surface area contributed by atoms with E-state index in [1.54, 1.807) is 0 Å². The molecule has 4 atom stereocenters. The molecule has 2 saturated carbocycles. The fraction of sp³-hybridized carbons (Fsp3) is 0.588. The molecule has 2 bridgehead atoms. The molecular weight excluding hydrogens is 314 g/mol. The predicted octanol–water partition coefficient (Wildman–Crippen LogP) is 4.45. The number of hydrogen-bond donors (Lipinski definition) is 1. The molecule has 3 rings (SSSR count). The van der Waals surface area contributed by atoms with Crippen LogP contribution >= 0.6 is 15.9 Å². The van der Waals surface area contributed by atoms with E-state index in [1.807, 2.05) is 12.1 Å². The number of fused-ring (bicyclic) bond motifs is 2. The molecule has 0 radical (unpaired) electrons. The second-order valence-electron chi connectivity index (χ2n) is 6.30. The number of amides is 1. The number of rotatable bonds is 4. The van der Waals surface area contributed by atoms with Gasteiger partial charge in [-0.05, 0) is 55.2 Å². The molecule has 0 saturated heterocycles. The topological polar surface area (TPSA) is 29.1 Å². The van der Waals surface area contributed by atoms with E-state index in [-0.39, 0.29) is 17.9 Å². The average Bonchev–Trinajstić information content (AvgIpc) is 3.08. The highest BCUT2D eigenvalue weighted by molar-refractivity contribution is 9.10. The molecule has 1 aromatic rings. The van der Waals surface area contributed by atoms with Gasteiger partial charge in [0.15, 0.2) is 0 Å². The zero-order chi connectivity index (χ0) is 14.1. The van der Waals surface area contributed by atoms with Crippen molar-refractivity contribution >= 4 is 21.8 Å². The fourth-order valence-corrected chi connectivity index (χ4v) is 4.23. The lowest BCUT2D eigenvalue weighted by atomic mass is 9.87. The SMILES string of the molecule is CCC(NC(=O)C1CC2CCC1C2)c1ccc(Br)cc1. The van der Waals surface area contributed by atoms with Gasteiger partial charge in [-0.2, -0.15) is 0 Å². The molecule has 2 nitrogen and oxygen atoms in total. The normalized spacial score (nSPS) is 29.4. The molecule has 20 heavy (non-hydrogen) atoms. The Morgan fingerprint density at radius 1 is 1.30 bits per heavy atom. The zero-order valence-electron chi connectivity index (χ0n) is 11.9. The third kappa shape index (κ3) is 2.78. The van der Waals surface area contributed by atoms with Crippen LogP contribution in [0.15, 0.2) is 28.7 Å². The Bertz CT molecular complexity index is 484. The predicted molar refractivity (Wildman–Crippen MR) is 84.3 cm³/mol. The highest BCUT2D eigenvalue weighted by atomic mass is 79.9. The van der Waals surface area contributed by atoms with Crippen molar-refractivity contribution in [1.82, 2.24) is 5.32 Å². The summed E-state index contributed by atoms with van der Waals surface area (Å²) >= 11 is 3.46. The van der Waals surface area contributed by atoms with Crippen molar-refractivity contribution in [2.24, 2.45) is 17.8 Å². The average molecular weight is 336 g/mol. The van der Waals surface area contributed by atoms with Crippen molar-refractivity contribution in [3.63, 3.8) is 0 Å². The molecule has 3 heteroatoms. The van der Waals surface area contributed by atoms with Crippen molar-refractivity contribution in [3.8, 4) is 0 Å². The summed E-state index contributed by atoms with van der Waals surface area (Å²) in [6.07, 6.45) is 5.95. The number of halogens is 1. The van der Waals surface area contributed by atoms with Crippen molar-refractivity contribution in [3.05, 3.63) is 34.3 Å². The van der Waals surface area contributed by atoms with Gasteiger partial charge in [-0.3, -0.25) is 4.79 Å². The Labute approximate surface area is 129 Å². The van der Waals surface area contributed by atoms with Crippen LogP contribution in [0.2, 0.25) is 0 Å². The lowest BCUT2D eigenvalue weighted by Crippen LogP contribution is -2.36. The summed E-state index contributed by atoms with van der Waals surface area (Å²) in [5.74, 6) is 2.04. The minimum Gasteiger partial charge on any atom is -0.349 e. The van der Waals surface area contributed by atoms with Gasteiger partial charge in [0.1, 0.15) is 0 Å². The standard InChI is InChI=1S/C17H22BrNO/c1-2-16(12-5-7-14(18)8-6-12)19-17(20)15-10-11-3-4-13(15)9-11/h5-8,11,13,15-16H,2-4,9-10H2,1H3,(H,19,20). The van der Waals surface area contributed by atoms with Gasteiger partial charge in [-0.1, -0.05) is 41.4 Å². The zero-order valence-corrected chi connectivity index (χ0v) is 13.5. The highest BCUT2D eigenvalue weighted by Gasteiger charge is 2.43. The van der Waals surface area contributed by atoms with Crippen molar-refractivity contribution in [2.75, 3.05) is 0 Å². The monoisotopic (exact) mass is 335 g/mol. The summed E-state index contributed by atoms with van der Waals surface area (Å²) in [5, 5.41) is 3.27. The Kier molecular flexibility index (Phi) is 4.16. The first-order chi connectivity index (χ1) is 9.67. The number of benzene rings is 1. The number of carbonyl (C=O) groups excluding carboxylic acids is 1. The molecule has 4 unspecified atom stereocenters. The lowest BCUT2D eigenvalue weighted by molar-refractivity contribution is -0.127. The first-order valence-electron chi connectivity index (χ1n) is 7.73. The van der Waals surface area contributed by atoms with Crippen molar-refractivity contribution < 1.29 is 4.79 Å². The van der Waals surface area contributed by atoms with E-state index in [4.69, 9.17) is 0 Å². The van der Waals surface area contributed by atoms with E-state index in [2.05, 4.69) is 40.3 Å². The van der Waals surface area contributed by atoms with E-state index in [0.717, 1.165) is 23.2 Å². The van der Waals surface area contributed by atoms with Gasteiger partial charge in [0.2, 0.25) is 5.91 Å². The third-order valence-corrected chi connectivity index (χ3v) is 5.60. The fourth-order valence-electron chi connectivity index (χ4n) is 3.96. The first kappa shape index (κ1) is 14.1. The molecule has 1 aromatic carbocycles. The molecule has 0 spiro atoms. The number of carbonyl (C=O) groups is 1. The van der Waals surface area contributed by atoms with Crippen LogP contribution in [0.4, 0.5) is 0 Å².